The van der Waals surface area contributed by atoms with Crippen molar-refractivity contribution in [3.05, 3.63) is 11.1 Å². The summed E-state index contributed by atoms with van der Waals surface area (Å²) in [5.74, 6) is 3.67. The molecule has 8 atom stereocenters. The lowest BCUT2D eigenvalue weighted by molar-refractivity contribution is -0.153. The predicted molar refractivity (Wildman–Crippen MR) is 54.2 cm³/mol. The molecule has 3 fully saturated rings. The molecule has 3 saturated carbocycles. The van der Waals surface area contributed by atoms with Crippen LogP contribution >= 0.6 is 0 Å². The molecule has 0 aromatic heterocycles. The van der Waals surface area contributed by atoms with E-state index in [0.717, 1.165) is 12.8 Å². The molecule has 0 unspecified atom stereocenters. The van der Waals surface area contributed by atoms with Crippen LogP contribution in [0, 0.1) is 47.3 Å². The Morgan fingerprint density at radius 3 is 1.25 bits per heavy atom. The third-order valence-corrected chi connectivity index (χ3v) is 6.77. The van der Waals surface area contributed by atoms with Crippen LogP contribution in [0.2, 0.25) is 0 Å². The van der Waals surface area contributed by atoms with Crippen LogP contribution in [-0.2, 0) is 9.59 Å². The van der Waals surface area contributed by atoms with E-state index >= 15 is 0 Å². The van der Waals surface area contributed by atoms with Crippen LogP contribution in [0.4, 0.5) is 0 Å². The first-order valence-corrected chi connectivity index (χ1v) is 6.60. The molecule has 0 aromatic rings. The zero-order chi connectivity index (χ0) is 10.3. The molecule has 16 heavy (non-hydrogen) atoms. The van der Waals surface area contributed by atoms with E-state index in [9.17, 15) is 9.59 Å². The van der Waals surface area contributed by atoms with Crippen molar-refractivity contribution in [3.8, 4) is 0 Å². The standard InChI is InChI=1S/C14H12O2/c15-13-9-3-1-4-8-6-2-5(7(3)8)11(13)12(6)14(16)10(4)9/h3-6,9-12H,1-2H2/t3-,4+,5+,6-,9-,10-,11-,12+/m1/s1. The van der Waals surface area contributed by atoms with E-state index < -0.39 is 0 Å². The van der Waals surface area contributed by atoms with Crippen LogP contribution in [0.1, 0.15) is 12.8 Å². The molecule has 5 rings (SSSR count). The molecule has 0 saturated heterocycles. The smallest absolute Gasteiger partial charge is 0.141 e. The molecule has 0 amide bonds. The van der Waals surface area contributed by atoms with Crippen LogP contribution in [0.5, 0.6) is 0 Å². The molecule has 2 heteroatoms. The van der Waals surface area contributed by atoms with E-state index in [1.54, 1.807) is 11.1 Å². The fourth-order valence-electron chi connectivity index (χ4n) is 6.77. The SMILES string of the molecule is O=C1[C@H]2[C@@H]3C(=O)[C@@H]4[C@H]1[C@H]1C[C@@H]4C4=C1[C@H]2C[C@@H]43. The Bertz CT molecular complexity index is 455. The number of hydrogen-bond donors (Lipinski definition) is 0. The van der Waals surface area contributed by atoms with Gasteiger partial charge in [-0.1, -0.05) is 11.1 Å². The summed E-state index contributed by atoms with van der Waals surface area (Å²) in [4.78, 5) is 25.0. The lowest BCUT2D eigenvalue weighted by atomic mass is 9.49. The number of ketones is 2. The Morgan fingerprint density at radius 2 is 0.938 bits per heavy atom. The van der Waals surface area contributed by atoms with Crippen molar-refractivity contribution in [1.82, 2.24) is 0 Å². The number of rotatable bonds is 0. The van der Waals surface area contributed by atoms with Gasteiger partial charge in [0.05, 0.1) is 0 Å². The van der Waals surface area contributed by atoms with Crippen molar-refractivity contribution >= 4 is 11.6 Å². The summed E-state index contributed by atoms with van der Waals surface area (Å²) in [6.45, 7) is 0. The van der Waals surface area contributed by atoms with E-state index in [1.165, 1.54) is 0 Å². The predicted octanol–water partition coefficient (Wildman–Crippen LogP) is 1.21. The second-order valence-electron chi connectivity index (χ2n) is 6.72. The molecule has 80 valence electrons. The van der Waals surface area contributed by atoms with Crippen molar-refractivity contribution in [1.29, 1.82) is 0 Å². The summed E-state index contributed by atoms with van der Waals surface area (Å²) in [7, 11) is 0. The molecule has 2 nitrogen and oxygen atoms in total. The number of carbonyl (C=O) groups excluding carboxylic acids is 2. The van der Waals surface area contributed by atoms with Gasteiger partial charge in [0.2, 0.25) is 0 Å². The average Bonchev–Trinajstić information content (AvgIpc) is 2.92. The molecule has 5 aliphatic carbocycles. The van der Waals surface area contributed by atoms with Crippen LogP contribution in [0.25, 0.3) is 0 Å². The van der Waals surface area contributed by atoms with E-state index in [1.807, 2.05) is 0 Å². The molecule has 4 bridgehead atoms. The van der Waals surface area contributed by atoms with Crippen molar-refractivity contribution in [3.63, 3.8) is 0 Å². The van der Waals surface area contributed by atoms with E-state index in [2.05, 4.69) is 0 Å². The van der Waals surface area contributed by atoms with Crippen molar-refractivity contribution < 1.29 is 9.59 Å². The number of carbonyl (C=O) groups is 2. The summed E-state index contributed by atoms with van der Waals surface area (Å²) < 4.78 is 0. The van der Waals surface area contributed by atoms with Gasteiger partial charge in [-0.15, -0.1) is 0 Å². The van der Waals surface area contributed by atoms with Gasteiger partial charge in [0, 0.05) is 23.7 Å². The largest absolute Gasteiger partial charge is 0.299 e. The second-order valence-corrected chi connectivity index (χ2v) is 6.72. The third-order valence-electron chi connectivity index (χ3n) is 6.77. The van der Waals surface area contributed by atoms with Gasteiger partial charge in [-0.25, -0.2) is 0 Å². The fraction of sp³-hybridized carbons (Fsp3) is 0.714. The van der Waals surface area contributed by atoms with Gasteiger partial charge in [0.15, 0.2) is 0 Å². The number of allylic oxidation sites excluding steroid dienone is 2. The van der Waals surface area contributed by atoms with Crippen molar-refractivity contribution in [2.75, 3.05) is 0 Å². The maximum atomic E-state index is 12.5. The zero-order valence-electron chi connectivity index (χ0n) is 8.85. The lowest BCUT2D eigenvalue weighted by Gasteiger charge is -2.52. The molecular formula is C14H12O2. The fourth-order valence-corrected chi connectivity index (χ4v) is 6.77. The summed E-state index contributed by atoms with van der Waals surface area (Å²) in [5, 5.41) is 0. The Labute approximate surface area is 93.1 Å². The molecule has 5 aliphatic rings. The highest BCUT2D eigenvalue weighted by Crippen LogP contribution is 2.77. The minimum Gasteiger partial charge on any atom is -0.299 e. The third kappa shape index (κ3) is 0.424. The van der Waals surface area contributed by atoms with Gasteiger partial charge in [-0.05, 0) is 36.5 Å². The van der Waals surface area contributed by atoms with Crippen molar-refractivity contribution in [2.45, 2.75) is 12.8 Å². The second kappa shape index (κ2) is 1.75. The molecule has 0 radical (unpaired) electrons. The Hall–Kier alpha value is -0.920. The van der Waals surface area contributed by atoms with Crippen LogP contribution in [-0.4, -0.2) is 11.6 Å². The summed E-state index contributed by atoms with van der Waals surface area (Å²) in [6.07, 6.45) is 2.31. The normalized spacial score (nSPS) is 66.2. The van der Waals surface area contributed by atoms with Gasteiger partial charge in [0.25, 0.3) is 0 Å². The molecule has 0 N–H and O–H groups in total. The van der Waals surface area contributed by atoms with Gasteiger partial charge < -0.3 is 0 Å². The summed E-state index contributed by atoms with van der Waals surface area (Å²) in [6, 6.07) is 0. The minimum atomic E-state index is 0.146. The number of fused-ring (bicyclic) bond motifs is 14. The topological polar surface area (TPSA) is 34.1 Å². The van der Waals surface area contributed by atoms with E-state index in [-0.39, 0.29) is 23.7 Å². The molecule has 0 aliphatic heterocycles. The Balaban J connectivity index is 1.83. The maximum Gasteiger partial charge on any atom is 0.141 e. The minimum absolute atomic E-state index is 0.146. The molecule has 0 spiro atoms. The van der Waals surface area contributed by atoms with Crippen molar-refractivity contribution in [2.24, 2.45) is 47.3 Å². The van der Waals surface area contributed by atoms with Gasteiger partial charge >= 0.3 is 0 Å². The molecule has 0 heterocycles. The zero-order valence-corrected chi connectivity index (χ0v) is 8.85. The first kappa shape index (κ1) is 7.41. The average molecular weight is 212 g/mol. The Morgan fingerprint density at radius 1 is 0.625 bits per heavy atom. The molecule has 0 aromatic carbocycles. The number of Topliss-reactive ketones (excluding diaryl/α,β-unsaturated/α-hetero) is 2. The quantitative estimate of drug-likeness (QED) is 0.447. The van der Waals surface area contributed by atoms with Crippen LogP contribution in [0.15, 0.2) is 11.1 Å². The van der Waals surface area contributed by atoms with E-state index in [4.69, 9.17) is 0 Å². The first-order valence-electron chi connectivity index (χ1n) is 6.60. The van der Waals surface area contributed by atoms with Crippen LogP contribution in [0.3, 0.4) is 0 Å². The monoisotopic (exact) mass is 212 g/mol. The summed E-state index contributed by atoms with van der Waals surface area (Å²) in [5.41, 5.74) is 3.40. The van der Waals surface area contributed by atoms with Crippen LogP contribution < -0.4 is 0 Å². The highest BCUT2D eigenvalue weighted by Gasteiger charge is 2.77. The number of hydrogen-bond acceptors (Lipinski definition) is 2. The van der Waals surface area contributed by atoms with E-state index in [0.29, 0.717) is 35.2 Å². The Kier molecular flexibility index (Phi) is 0.812. The highest BCUT2D eigenvalue weighted by molar-refractivity contribution is 6.05. The first-order chi connectivity index (χ1) is 7.79. The maximum absolute atomic E-state index is 12.5. The summed E-state index contributed by atoms with van der Waals surface area (Å²) >= 11 is 0. The van der Waals surface area contributed by atoms with Gasteiger partial charge in [-0.3, -0.25) is 9.59 Å². The highest BCUT2D eigenvalue weighted by atomic mass is 16.1. The molecular weight excluding hydrogens is 200 g/mol. The van der Waals surface area contributed by atoms with Gasteiger partial charge in [-0.2, -0.15) is 0 Å². The van der Waals surface area contributed by atoms with Gasteiger partial charge in [0.1, 0.15) is 11.6 Å². The lowest BCUT2D eigenvalue weighted by Crippen LogP contribution is -2.58.